The molecule has 0 heterocycles. The molecule has 0 fully saturated rings. The summed E-state index contributed by atoms with van der Waals surface area (Å²) >= 11 is 0. The number of unbranched alkanes of at least 4 members (excludes halogenated alkanes) is 8. The Kier molecular flexibility index (Phi) is 11.3. The highest BCUT2D eigenvalue weighted by Crippen LogP contribution is 2.51. The number of alkyl halides is 9. The first-order valence-electron chi connectivity index (χ1n) is 8.98. The molecule has 0 aliphatic heterocycles. The van der Waals surface area contributed by atoms with Crippen LogP contribution in [0.1, 0.15) is 64.2 Å². The molecule has 0 saturated heterocycles. The molecule has 26 heavy (non-hydrogen) atoms. The zero-order chi connectivity index (χ0) is 20.4. The summed E-state index contributed by atoms with van der Waals surface area (Å²) < 4.78 is 115. The summed E-state index contributed by atoms with van der Waals surface area (Å²) in [4.78, 5) is 0. The average molecular weight is 418 g/mol. The number of hydrogen-bond acceptors (Lipinski definition) is 0. The van der Waals surface area contributed by atoms with Crippen LogP contribution in [-0.4, -0.2) is 40.6 Å². The monoisotopic (exact) mass is 418 g/mol. The maximum absolute atomic E-state index is 13.4. The lowest BCUT2D eigenvalue weighted by Gasteiger charge is -2.33. The predicted octanol–water partition coefficient (Wildman–Crippen LogP) is 6.18. The quantitative estimate of drug-likeness (QED) is 0.169. The first-order valence-corrected chi connectivity index (χ1v) is 10.4. The Morgan fingerprint density at radius 2 is 0.962 bits per heavy atom. The van der Waals surface area contributed by atoms with Crippen molar-refractivity contribution in [3.05, 3.63) is 0 Å². The standard InChI is InChI=1S/C16H27F9Si/c17-12(10-8-6-4-2-1-3-5-7-9-11-26)14(20,21)16(24,25)15(22,23)13(18)19/h12-13H,1-11H2,26H3. The SMILES string of the molecule is FC(F)C(F)(F)C(F)(F)C(F)(F)C(F)CCCCCCCCCCC[SiH3]. The third-order valence-electron chi connectivity index (χ3n) is 4.32. The fourth-order valence-corrected chi connectivity index (χ4v) is 3.05. The largest absolute Gasteiger partial charge is 0.380 e. The van der Waals surface area contributed by atoms with Crippen molar-refractivity contribution < 1.29 is 39.5 Å². The van der Waals surface area contributed by atoms with Gasteiger partial charge in [0.2, 0.25) is 0 Å². The van der Waals surface area contributed by atoms with Gasteiger partial charge in [-0.05, 0) is 6.42 Å². The van der Waals surface area contributed by atoms with Crippen LogP contribution in [0.2, 0.25) is 6.04 Å². The van der Waals surface area contributed by atoms with Crippen molar-refractivity contribution >= 4 is 10.2 Å². The summed E-state index contributed by atoms with van der Waals surface area (Å²) in [5, 5.41) is 0. The van der Waals surface area contributed by atoms with Crippen LogP contribution in [0, 0.1) is 0 Å². The third kappa shape index (κ3) is 6.96. The van der Waals surface area contributed by atoms with Gasteiger partial charge in [-0.15, -0.1) is 0 Å². The molecule has 0 amide bonds. The molecule has 0 aliphatic rings. The lowest BCUT2D eigenvalue weighted by molar-refractivity contribution is -0.350. The fourth-order valence-electron chi connectivity index (χ4n) is 2.55. The first kappa shape index (κ1) is 25.6. The van der Waals surface area contributed by atoms with Gasteiger partial charge in [0, 0.05) is 10.2 Å². The minimum absolute atomic E-state index is 0.201. The molecule has 0 aliphatic carbocycles. The van der Waals surface area contributed by atoms with Crippen LogP contribution in [-0.2, 0) is 0 Å². The van der Waals surface area contributed by atoms with Gasteiger partial charge in [-0.1, -0.05) is 63.8 Å². The Labute approximate surface area is 151 Å². The second kappa shape index (κ2) is 11.4. The summed E-state index contributed by atoms with van der Waals surface area (Å²) in [6.07, 6.45) is -2.81. The van der Waals surface area contributed by atoms with E-state index < -0.39 is 36.8 Å². The molecule has 0 N–H and O–H groups in total. The molecule has 0 aromatic carbocycles. The van der Waals surface area contributed by atoms with Gasteiger partial charge in [-0.3, -0.25) is 0 Å². The molecule has 0 radical (unpaired) electrons. The van der Waals surface area contributed by atoms with E-state index >= 15 is 0 Å². The van der Waals surface area contributed by atoms with Crippen molar-refractivity contribution in [1.82, 2.24) is 0 Å². The molecule has 0 bridgehead atoms. The van der Waals surface area contributed by atoms with E-state index in [1.807, 2.05) is 0 Å². The van der Waals surface area contributed by atoms with Crippen molar-refractivity contribution in [3.63, 3.8) is 0 Å². The number of hydrogen-bond donors (Lipinski definition) is 0. The second-order valence-electron chi connectivity index (χ2n) is 6.56. The molecular weight excluding hydrogens is 391 g/mol. The van der Waals surface area contributed by atoms with Gasteiger partial charge in [0.1, 0.15) is 0 Å². The van der Waals surface area contributed by atoms with E-state index in [0.29, 0.717) is 6.42 Å². The minimum Gasteiger partial charge on any atom is -0.241 e. The molecule has 0 rings (SSSR count). The Hall–Kier alpha value is -0.413. The highest BCUT2D eigenvalue weighted by atomic mass is 28.1. The molecule has 0 spiro atoms. The van der Waals surface area contributed by atoms with Crippen molar-refractivity contribution in [3.8, 4) is 0 Å². The van der Waals surface area contributed by atoms with Crippen molar-refractivity contribution in [2.45, 2.75) is 101 Å². The second-order valence-corrected chi connectivity index (χ2v) is 7.56. The summed E-state index contributed by atoms with van der Waals surface area (Å²) in [7, 11) is 1.19. The van der Waals surface area contributed by atoms with E-state index in [1.54, 1.807) is 0 Å². The van der Waals surface area contributed by atoms with Gasteiger partial charge in [0.05, 0.1) is 0 Å². The van der Waals surface area contributed by atoms with Gasteiger partial charge < -0.3 is 0 Å². The summed E-state index contributed by atoms with van der Waals surface area (Å²) in [5.41, 5.74) is 0. The van der Waals surface area contributed by atoms with Crippen LogP contribution >= 0.6 is 0 Å². The zero-order valence-corrected chi connectivity index (χ0v) is 16.8. The van der Waals surface area contributed by atoms with Crippen LogP contribution < -0.4 is 0 Å². The van der Waals surface area contributed by atoms with Gasteiger partial charge in [0.25, 0.3) is 0 Å². The van der Waals surface area contributed by atoms with E-state index in [1.165, 1.54) is 29.1 Å². The van der Waals surface area contributed by atoms with E-state index in [-0.39, 0.29) is 12.8 Å². The Bertz CT molecular complexity index is 375. The van der Waals surface area contributed by atoms with Crippen molar-refractivity contribution in [2.75, 3.05) is 0 Å². The van der Waals surface area contributed by atoms with Crippen LogP contribution in [0.5, 0.6) is 0 Å². The topological polar surface area (TPSA) is 0 Å². The summed E-state index contributed by atoms with van der Waals surface area (Å²) in [5.74, 6) is -18.6. The highest BCUT2D eigenvalue weighted by Gasteiger charge is 2.77. The Morgan fingerprint density at radius 1 is 0.577 bits per heavy atom. The van der Waals surface area contributed by atoms with Gasteiger partial charge in [-0.25, -0.2) is 13.2 Å². The molecule has 1 unspecified atom stereocenters. The molecule has 10 heteroatoms. The van der Waals surface area contributed by atoms with Crippen molar-refractivity contribution in [1.29, 1.82) is 0 Å². The molecule has 1 atom stereocenters. The molecule has 0 aromatic rings. The van der Waals surface area contributed by atoms with Crippen LogP contribution in [0.3, 0.4) is 0 Å². The maximum atomic E-state index is 13.4. The predicted molar refractivity (Wildman–Crippen MR) is 86.7 cm³/mol. The molecule has 0 saturated carbocycles. The molecule has 158 valence electrons. The molecular formula is C16H27F9Si. The zero-order valence-electron chi connectivity index (χ0n) is 14.8. The Morgan fingerprint density at radius 3 is 1.35 bits per heavy atom. The van der Waals surface area contributed by atoms with Crippen molar-refractivity contribution in [2.24, 2.45) is 0 Å². The lowest BCUT2D eigenvalue weighted by Crippen LogP contribution is -2.61. The first-order chi connectivity index (χ1) is 11.9. The number of rotatable bonds is 15. The van der Waals surface area contributed by atoms with E-state index in [9.17, 15) is 39.5 Å². The van der Waals surface area contributed by atoms with Crippen LogP contribution in [0.15, 0.2) is 0 Å². The lowest BCUT2D eigenvalue weighted by atomic mass is 9.96. The summed E-state index contributed by atoms with van der Waals surface area (Å²) in [6.45, 7) is 0. The average Bonchev–Trinajstić information content (AvgIpc) is 2.55. The number of halogens is 9. The van der Waals surface area contributed by atoms with Crippen LogP contribution in [0.25, 0.3) is 0 Å². The van der Waals surface area contributed by atoms with E-state index in [0.717, 1.165) is 25.7 Å². The molecule has 0 aromatic heterocycles. The summed E-state index contributed by atoms with van der Waals surface area (Å²) in [6, 6.07) is 1.26. The van der Waals surface area contributed by atoms with Crippen LogP contribution in [0.4, 0.5) is 39.5 Å². The van der Waals surface area contributed by atoms with E-state index in [2.05, 4.69) is 0 Å². The highest BCUT2D eigenvalue weighted by molar-refractivity contribution is 6.08. The third-order valence-corrected chi connectivity index (χ3v) is 5.02. The molecule has 0 nitrogen and oxygen atoms in total. The van der Waals surface area contributed by atoms with Gasteiger partial charge >= 0.3 is 24.2 Å². The van der Waals surface area contributed by atoms with Gasteiger partial charge in [-0.2, -0.15) is 26.3 Å². The Balaban J connectivity index is 4.20. The smallest absolute Gasteiger partial charge is 0.241 e. The normalized spacial score (nSPS) is 15.0. The van der Waals surface area contributed by atoms with Gasteiger partial charge in [0.15, 0.2) is 6.17 Å². The van der Waals surface area contributed by atoms with E-state index in [4.69, 9.17) is 0 Å². The fraction of sp³-hybridized carbons (Fsp3) is 1.00. The maximum Gasteiger partial charge on any atom is 0.380 e. The minimum atomic E-state index is -6.46.